The van der Waals surface area contributed by atoms with Crippen LogP contribution in [0.4, 0.5) is 23.4 Å². The van der Waals surface area contributed by atoms with Crippen molar-refractivity contribution in [2.75, 3.05) is 38.2 Å². The third-order valence-electron chi connectivity index (χ3n) is 7.09. The minimum Gasteiger partial charge on any atom is -0.493 e. The van der Waals surface area contributed by atoms with Gasteiger partial charge in [-0.2, -0.15) is 13.2 Å². The monoisotopic (exact) mass is 540 g/mol. The smallest absolute Gasteiger partial charge is 0.417 e. The number of carbonyl (C=O) groups excluding carboxylic acids is 1. The van der Waals surface area contributed by atoms with E-state index in [-0.39, 0.29) is 45.1 Å². The van der Waals surface area contributed by atoms with E-state index in [4.69, 9.17) is 4.74 Å². The van der Waals surface area contributed by atoms with Crippen LogP contribution in [0.1, 0.15) is 41.4 Å². The summed E-state index contributed by atoms with van der Waals surface area (Å²) in [5.74, 6) is 0.119. The number of anilines is 1. The van der Waals surface area contributed by atoms with Gasteiger partial charge in [0.2, 0.25) is 0 Å². The Morgan fingerprint density at radius 2 is 1.74 bits per heavy atom. The third kappa shape index (κ3) is 4.91. The second-order valence-corrected chi connectivity index (χ2v) is 9.81. The number of H-pyrrole nitrogens is 1. The van der Waals surface area contributed by atoms with Crippen molar-refractivity contribution in [3.8, 4) is 16.9 Å². The molecule has 0 spiro atoms. The van der Waals surface area contributed by atoms with Crippen molar-refractivity contribution in [2.45, 2.75) is 25.9 Å². The van der Waals surface area contributed by atoms with Gasteiger partial charge in [0.15, 0.2) is 17.4 Å². The summed E-state index contributed by atoms with van der Waals surface area (Å²) in [4.78, 5) is 24.4. The van der Waals surface area contributed by atoms with Gasteiger partial charge in [0.05, 0.1) is 18.2 Å². The lowest BCUT2D eigenvalue weighted by atomic mass is 9.91. The van der Waals surface area contributed by atoms with E-state index in [1.54, 1.807) is 38.1 Å². The van der Waals surface area contributed by atoms with Crippen molar-refractivity contribution in [1.82, 2.24) is 14.9 Å². The number of ether oxygens (including phenoxy) is 1. The second kappa shape index (κ2) is 10.2. The fourth-order valence-electron chi connectivity index (χ4n) is 5.08. The first-order valence-electron chi connectivity index (χ1n) is 12.6. The lowest BCUT2D eigenvalue weighted by Crippen LogP contribution is -2.49. The molecular weight excluding hydrogens is 512 g/mol. The van der Waals surface area contributed by atoms with Crippen molar-refractivity contribution in [3.05, 3.63) is 77.4 Å². The molecule has 3 heterocycles. The molecule has 2 aromatic carbocycles. The van der Waals surface area contributed by atoms with Gasteiger partial charge in [0.25, 0.3) is 5.91 Å². The summed E-state index contributed by atoms with van der Waals surface area (Å²) in [5.41, 5.74) is -0.234. The molecule has 0 unspecified atom stereocenters. The van der Waals surface area contributed by atoms with Gasteiger partial charge < -0.3 is 19.5 Å². The molecule has 10 heteroatoms. The molecule has 0 radical (unpaired) electrons. The van der Waals surface area contributed by atoms with Crippen LogP contribution >= 0.6 is 0 Å². The molecule has 0 aliphatic carbocycles. The number of halogens is 4. The number of rotatable bonds is 5. The Balaban J connectivity index is 1.51. The van der Waals surface area contributed by atoms with E-state index in [1.807, 2.05) is 11.0 Å². The first-order valence-corrected chi connectivity index (χ1v) is 12.6. The van der Waals surface area contributed by atoms with E-state index < -0.39 is 17.6 Å². The summed E-state index contributed by atoms with van der Waals surface area (Å²) < 4.78 is 62.6. The number of fused-ring (bicyclic) bond motifs is 1. The van der Waals surface area contributed by atoms with Crippen LogP contribution in [0.15, 0.2) is 54.7 Å². The van der Waals surface area contributed by atoms with Gasteiger partial charge >= 0.3 is 6.18 Å². The number of aromatic amines is 1. The van der Waals surface area contributed by atoms with E-state index in [2.05, 4.69) is 9.97 Å². The third-order valence-corrected chi connectivity index (χ3v) is 7.09. The number of piperazine rings is 1. The zero-order valence-corrected chi connectivity index (χ0v) is 21.8. The summed E-state index contributed by atoms with van der Waals surface area (Å²) in [6, 6.07) is 11.7. The highest BCUT2D eigenvalue weighted by molar-refractivity contribution is 6.04. The Bertz CT molecular complexity index is 1520. The Morgan fingerprint density at radius 3 is 2.41 bits per heavy atom. The van der Waals surface area contributed by atoms with Crippen molar-refractivity contribution < 1.29 is 27.1 Å². The van der Waals surface area contributed by atoms with Gasteiger partial charge in [0.1, 0.15) is 5.69 Å². The number of amides is 1. The highest BCUT2D eigenvalue weighted by atomic mass is 19.4. The van der Waals surface area contributed by atoms with Crippen LogP contribution in [0.5, 0.6) is 5.75 Å². The van der Waals surface area contributed by atoms with Gasteiger partial charge in [-0.3, -0.25) is 4.79 Å². The predicted octanol–water partition coefficient (Wildman–Crippen LogP) is 6.48. The maximum Gasteiger partial charge on any atom is 0.417 e. The molecular formula is C29H28F4N4O2. The van der Waals surface area contributed by atoms with Crippen LogP contribution < -0.4 is 9.64 Å². The molecule has 0 atom stereocenters. The van der Waals surface area contributed by atoms with Gasteiger partial charge in [-0.15, -0.1) is 0 Å². The highest BCUT2D eigenvalue weighted by Crippen LogP contribution is 2.42. The fourth-order valence-corrected chi connectivity index (χ4v) is 5.08. The summed E-state index contributed by atoms with van der Waals surface area (Å²) in [7, 11) is 1.57. The van der Waals surface area contributed by atoms with E-state index in [9.17, 15) is 18.0 Å². The van der Waals surface area contributed by atoms with Crippen LogP contribution in [0, 0.1) is 5.82 Å². The predicted molar refractivity (Wildman–Crippen MR) is 142 cm³/mol. The van der Waals surface area contributed by atoms with Crippen LogP contribution in [-0.2, 0) is 6.18 Å². The number of pyridine rings is 1. The molecule has 4 aromatic rings. The van der Waals surface area contributed by atoms with Crippen molar-refractivity contribution in [3.63, 3.8) is 0 Å². The SMILES string of the molecule is COc1cccnc1N1CCN(C(=O)c2cc3c(-c4ccccc4C(F)(F)F)cc(C(C)C)c(F)c3[nH]2)CC1. The minimum atomic E-state index is -4.60. The van der Waals surface area contributed by atoms with Gasteiger partial charge in [0, 0.05) is 37.8 Å². The number of hydrogen-bond donors (Lipinski definition) is 1. The molecule has 1 aliphatic heterocycles. The number of nitrogens with zero attached hydrogens (tertiary/aromatic N) is 3. The topological polar surface area (TPSA) is 61.5 Å². The average molecular weight is 541 g/mol. The summed E-state index contributed by atoms with van der Waals surface area (Å²) in [6.45, 7) is 5.34. The van der Waals surface area contributed by atoms with Crippen LogP contribution in [0.2, 0.25) is 0 Å². The van der Waals surface area contributed by atoms with E-state index >= 15 is 4.39 Å². The standard InChI is InChI=1S/C29H28F4N4O2/c1-17(2)19-15-20(18-7-4-5-8-22(18)29(31,32)33)21-16-23(35-26(21)25(19)30)28(38)37-13-11-36(12-14-37)27-24(39-3)9-6-10-34-27/h4-10,15-17,35H,11-14H2,1-3H3. The van der Waals surface area contributed by atoms with Crippen molar-refractivity contribution in [2.24, 2.45) is 0 Å². The quantitative estimate of drug-likeness (QED) is 0.294. The molecule has 1 aliphatic rings. The lowest BCUT2D eigenvalue weighted by Gasteiger charge is -2.35. The largest absolute Gasteiger partial charge is 0.493 e. The van der Waals surface area contributed by atoms with Gasteiger partial charge in [-0.05, 0) is 52.9 Å². The Kier molecular flexibility index (Phi) is 6.96. The Labute approximate surface area is 223 Å². The number of methoxy groups -OCH3 is 1. The fraction of sp³-hybridized carbons (Fsp3) is 0.310. The number of carbonyl (C=O) groups is 1. The summed E-state index contributed by atoms with van der Waals surface area (Å²) in [6.07, 6.45) is -2.92. The van der Waals surface area contributed by atoms with E-state index in [0.29, 0.717) is 37.7 Å². The lowest BCUT2D eigenvalue weighted by molar-refractivity contribution is -0.137. The molecule has 6 nitrogen and oxygen atoms in total. The molecule has 1 fully saturated rings. The summed E-state index contributed by atoms with van der Waals surface area (Å²) in [5, 5.41) is 0.230. The molecule has 39 heavy (non-hydrogen) atoms. The first kappa shape index (κ1) is 26.5. The molecule has 0 saturated carbocycles. The number of aromatic nitrogens is 2. The Hall–Kier alpha value is -4.08. The average Bonchev–Trinajstić information content (AvgIpc) is 3.38. The number of hydrogen-bond acceptors (Lipinski definition) is 4. The Morgan fingerprint density at radius 1 is 1.03 bits per heavy atom. The van der Waals surface area contributed by atoms with E-state index in [1.165, 1.54) is 30.3 Å². The molecule has 0 bridgehead atoms. The first-order chi connectivity index (χ1) is 18.6. The van der Waals surface area contributed by atoms with Crippen LogP contribution in [0.3, 0.4) is 0 Å². The number of benzene rings is 2. The zero-order chi connectivity index (χ0) is 27.9. The molecule has 5 rings (SSSR count). The second-order valence-electron chi connectivity index (χ2n) is 9.81. The number of nitrogens with one attached hydrogen (secondary N) is 1. The van der Waals surface area contributed by atoms with E-state index in [0.717, 1.165) is 6.07 Å². The maximum absolute atomic E-state index is 15.6. The highest BCUT2D eigenvalue weighted by Gasteiger charge is 2.34. The normalized spacial score (nSPS) is 14.4. The maximum atomic E-state index is 15.6. The van der Waals surface area contributed by atoms with Crippen LogP contribution in [0.25, 0.3) is 22.0 Å². The molecule has 1 saturated heterocycles. The minimum absolute atomic E-state index is 0.0217. The van der Waals surface area contributed by atoms with Crippen LogP contribution in [-0.4, -0.2) is 54.1 Å². The molecule has 2 aromatic heterocycles. The van der Waals surface area contributed by atoms with Gasteiger partial charge in [-0.1, -0.05) is 32.0 Å². The molecule has 204 valence electrons. The molecule has 1 N–H and O–H groups in total. The van der Waals surface area contributed by atoms with Crippen molar-refractivity contribution in [1.29, 1.82) is 0 Å². The van der Waals surface area contributed by atoms with Gasteiger partial charge in [-0.25, -0.2) is 9.37 Å². The summed E-state index contributed by atoms with van der Waals surface area (Å²) >= 11 is 0. The number of alkyl halides is 3. The zero-order valence-electron chi connectivity index (χ0n) is 21.8. The van der Waals surface area contributed by atoms with Crippen molar-refractivity contribution >= 4 is 22.6 Å². The molecule has 1 amide bonds.